The molecule has 2 heterocycles. The van der Waals surface area contributed by atoms with Crippen molar-refractivity contribution in [2.45, 2.75) is 32.4 Å². The molecule has 3 rings (SSSR count). The van der Waals surface area contributed by atoms with Gasteiger partial charge in [-0.25, -0.2) is 4.98 Å². The van der Waals surface area contributed by atoms with Crippen LogP contribution in [0, 0.1) is 18.3 Å². The van der Waals surface area contributed by atoms with E-state index in [1.807, 2.05) is 29.5 Å². The second-order valence-electron chi connectivity index (χ2n) is 5.59. The molecule has 6 heteroatoms. The van der Waals surface area contributed by atoms with Crippen LogP contribution in [0.3, 0.4) is 0 Å². The van der Waals surface area contributed by atoms with Gasteiger partial charge < -0.3 is 10.2 Å². The zero-order valence-corrected chi connectivity index (χ0v) is 13.8. The van der Waals surface area contributed by atoms with E-state index >= 15 is 0 Å². The Hall–Kier alpha value is -2.23. The Morgan fingerprint density at radius 2 is 2.22 bits per heavy atom. The van der Waals surface area contributed by atoms with Crippen molar-refractivity contribution >= 4 is 22.9 Å². The molecule has 23 heavy (non-hydrogen) atoms. The van der Waals surface area contributed by atoms with Gasteiger partial charge in [0.25, 0.3) is 0 Å². The van der Waals surface area contributed by atoms with Crippen LogP contribution >= 0.6 is 11.3 Å². The number of piperidine rings is 1. The molecule has 1 fully saturated rings. The summed E-state index contributed by atoms with van der Waals surface area (Å²) in [5.74, 6) is 0.100. The Balaban J connectivity index is 1.68. The van der Waals surface area contributed by atoms with E-state index in [1.54, 1.807) is 23.5 Å². The second-order valence-corrected chi connectivity index (χ2v) is 6.52. The van der Waals surface area contributed by atoms with Crippen LogP contribution in [-0.2, 0) is 11.3 Å². The number of hydrogen-bond donors (Lipinski definition) is 1. The number of hydrogen-bond acceptors (Lipinski definition) is 5. The van der Waals surface area contributed by atoms with Crippen molar-refractivity contribution in [3.05, 3.63) is 45.9 Å². The minimum atomic E-state index is -0.166. The number of nitriles is 1. The summed E-state index contributed by atoms with van der Waals surface area (Å²) < 4.78 is 0. The molecule has 2 aromatic rings. The van der Waals surface area contributed by atoms with Gasteiger partial charge in [-0.15, -0.1) is 11.3 Å². The predicted molar refractivity (Wildman–Crippen MR) is 90.2 cm³/mol. The van der Waals surface area contributed by atoms with Crippen LogP contribution in [-0.4, -0.2) is 23.5 Å². The highest BCUT2D eigenvalue weighted by atomic mass is 32.1. The van der Waals surface area contributed by atoms with Gasteiger partial charge in [0.1, 0.15) is 0 Å². The maximum Gasteiger partial charge on any atom is 0.244 e. The number of aromatic nitrogens is 1. The molecule has 5 nitrogen and oxygen atoms in total. The number of aryl methyl sites for hydroxylation is 1. The minimum Gasteiger partial charge on any atom is -0.311 e. The fourth-order valence-corrected chi connectivity index (χ4v) is 3.48. The average molecular weight is 326 g/mol. The minimum absolute atomic E-state index is 0.100. The predicted octanol–water partition coefficient (Wildman–Crippen LogP) is 2.61. The molecule has 0 spiro atoms. The van der Waals surface area contributed by atoms with Crippen LogP contribution in [0.2, 0.25) is 0 Å². The Kier molecular flexibility index (Phi) is 4.70. The molecule has 1 amide bonds. The Morgan fingerprint density at radius 1 is 1.43 bits per heavy atom. The Morgan fingerprint density at radius 3 is 2.87 bits per heavy atom. The summed E-state index contributed by atoms with van der Waals surface area (Å²) in [4.78, 5) is 19.9. The molecule has 1 N–H and O–H groups in total. The first-order valence-electron chi connectivity index (χ1n) is 7.63. The number of nitrogens with one attached hydrogen (secondary N) is 1. The third kappa shape index (κ3) is 3.41. The van der Waals surface area contributed by atoms with Crippen molar-refractivity contribution in [2.75, 3.05) is 11.4 Å². The molecule has 1 aliphatic heterocycles. The molecule has 1 aromatic heterocycles. The molecule has 1 aromatic carbocycles. The number of amides is 1. The number of anilines is 1. The standard InChI is InChI=1S/C17H18N4OS/c1-12-16(23-11-20-12)10-19-15-3-2-8-21(17(15)22)14-6-4-13(9-18)5-7-14/h4-7,11,15,19H,2-3,8,10H2,1H3/t15-/m0/s1. The highest BCUT2D eigenvalue weighted by Gasteiger charge is 2.29. The lowest BCUT2D eigenvalue weighted by Crippen LogP contribution is -2.50. The van der Waals surface area contributed by atoms with Crippen LogP contribution < -0.4 is 10.2 Å². The summed E-state index contributed by atoms with van der Waals surface area (Å²) in [7, 11) is 0. The molecule has 1 atom stereocenters. The molecule has 0 saturated carbocycles. The van der Waals surface area contributed by atoms with Gasteiger partial charge in [0.15, 0.2) is 0 Å². The number of nitrogens with zero attached hydrogens (tertiary/aromatic N) is 3. The van der Waals surface area contributed by atoms with Gasteiger partial charge in [0, 0.05) is 23.7 Å². The third-order valence-corrected chi connectivity index (χ3v) is 5.04. The lowest BCUT2D eigenvalue weighted by atomic mass is 10.0. The summed E-state index contributed by atoms with van der Waals surface area (Å²) in [6.45, 7) is 3.38. The fraction of sp³-hybridized carbons (Fsp3) is 0.353. The van der Waals surface area contributed by atoms with E-state index in [2.05, 4.69) is 16.4 Å². The molecule has 0 radical (unpaired) electrons. The summed E-state index contributed by atoms with van der Waals surface area (Å²) in [6.07, 6.45) is 1.81. The van der Waals surface area contributed by atoms with Crippen LogP contribution in [0.25, 0.3) is 0 Å². The van der Waals surface area contributed by atoms with Crippen molar-refractivity contribution in [2.24, 2.45) is 0 Å². The molecule has 1 aliphatic rings. The van der Waals surface area contributed by atoms with Crippen LogP contribution in [0.5, 0.6) is 0 Å². The van der Waals surface area contributed by atoms with E-state index in [0.29, 0.717) is 12.1 Å². The molecular formula is C17H18N4OS. The highest BCUT2D eigenvalue weighted by molar-refractivity contribution is 7.09. The summed E-state index contributed by atoms with van der Waals surface area (Å²) in [6, 6.07) is 9.11. The maximum atomic E-state index is 12.7. The zero-order chi connectivity index (χ0) is 16.2. The van der Waals surface area contributed by atoms with E-state index in [-0.39, 0.29) is 11.9 Å². The summed E-state index contributed by atoms with van der Waals surface area (Å²) in [5.41, 5.74) is 4.32. The van der Waals surface area contributed by atoms with Crippen molar-refractivity contribution in [3.63, 3.8) is 0 Å². The van der Waals surface area contributed by atoms with Crippen LogP contribution in [0.15, 0.2) is 29.8 Å². The van der Waals surface area contributed by atoms with Crippen LogP contribution in [0.1, 0.15) is 29.0 Å². The van der Waals surface area contributed by atoms with Gasteiger partial charge in [-0.1, -0.05) is 0 Å². The fourth-order valence-electron chi connectivity index (χ4n) is 2.75. The Labute approximate surface area is 139 Å². The SMILES string of the molecule is Cc1ncsc1CN[C@H]1CCCN(c2ccc(C#N)cc2)C1=O. The lowest BCUT2D eigenvalue weighted by molar-refractivity contribution is -0.121. The maximum absolute atomic E-state index is 12.7. The topological polar surface area (TPSA) is 69.0 Å². The Bertz CT molecular complexity index is 732. The van der Waals surface area contributed by atoms with E-state index in [0.717, 1.165) is 30.8 Å². The molecule has 118 valence electrons. The largest absolute Gasteiger partial charge is 0.311 e. The molecule has 0 bridgehead atoms. The quantitative estimate of drug-likeness (QED) is 0.938. The van der Waals surface area contributed by atoms with Crippen molar-refractivity contribution in [3.8, 4) is 6.07 Å². The first-order chi connectivity index (χ1) is 11.2. The second kappa shape index (κ2) is 6.90. The number of thiazole rings is 1. The van der Waals surface area contributed by atoms with Gasteiger partial charge in [0.05, 0.1) is 28.9 Å². The van der Waals surface area contributed by atoms with E-state index in [9.17, 15) is 4.79 Å². The average Bonchev–Trinajstić information content (AvgIpc) is 2.99. The first-order valence-corrected chi connectivity index (χ1v) is 8.51. The molecule has 0 aliphatic carbocycles. The summed E-state index contributed by atoms with van der Waals surface area (Å²) in [5, 5.41) is 12.2. The van der Waals surface area contributed by atoms with E-state index in [1.165, 1.54) is 4.88 Å². The number of rotatable bonds is 4. The van der Waals surface area contributed by atoms with Gasteiger partial charge in [-0.3, -0.25) is 4.79 Å². The number of benzene rings is 1. The monoisotopic (exact) mass is 326 g/mol. The number of carbonyl (C=O) groups excluding carboxylic acids is 1. The van der Waals surface area contributed by atoms with Gasteiger partial charge >= 0.3 is 0 Å². The van der Waals surface area contributed by atoms with Crippen molar-refractivity contribution in [1.82, 2.24) is 10.3 Å². The van der Waals surface area contributed by atoms with E-state index in [4.69, 9.17) is 5.26 Å². The van der Waals surface area contributed by atoms with Gasteiger partial charge in [-0.2, -0.15) is 5.26 Å². The van der Waals surface area contributed by atoms with Gasteiger partial charge in [0.2, 0.25) is 5.91 Å². The van der Waals surface area contributed by atoms with Crippen LogP contribution in [0.4, 0.5) is 5.69 Å². The van der Waals surface area contributed by atoms with Crippen molar-refractivity contribution in [1.29, 1.82) is 5.26 Å². The normalized spacial score (nSPS) is 18.0. The van der Waals surface area contributed by atoms with Crippen molar-refractivity contribution < 1.29 is 4.79 Å². The zero-order valence-electron chi connectivity index (χ0n) is 13.0. The third-order valence-electron chi connectivity index (χ3n) is 4.10. The summed E-state index contributed by atoms with van der Waals surface area (Å²) >= 11 is 1.61. The number of carbonyl (C=O) groups is 1. The smallest absolute Gasteiger partial charge is 0.244 e. The lowest BCUT2D eigenvalue weighted by Gasteiger charge is -2.32. The highest BCUT2D eigenvalue weighted by Crippen LogP contribution is 2.22. The van der Waals surface area contributed by atoms with Gasteiger partial charge in [-0.05, 0) is 44.0 Å². The first kappa shape index (κ1) is 15.7. The molecule has 1 saturated heterocycles. The molecular weight excluding hydrogens is 308 g/mol. The molecule has 0 unspecified atom stereocenters. The van der Waals surface area contributed by atoms with E-state index < -0.39 is 0 Å².